The van der Waals surface area contributed by atoms with Crippen molar-refractivity contribution in [2.75, 3.05) is 6.61 Å². The molecule has 10 heteroatoms. The molecular weight excluding hydrogens is 532 g/mol. The molecule has 3 aliphatic rings. The van der Waals surface area contributed by atoms with E-state index in [1.54, 1.807) is 20.8 Å². The molecule has 0 spiro atoms. The Morgan fingerprint density at radius 3 is 2.22 bits per heavy atom. The average Bonchev–Trinajstić information content (AvgIpc) is 3.50. The number of hydrogen-bond acceptors (Lipinski definition) is 10. The number of ketones is 1. The lowest BCUT2D eigenvalue weighted by atomic mass is 9.61. The third-order valence-corrected chi connectivity index (χ3v) is 8.80. The fourth-order valence-corrected chi connectivity index (χ4v) is 6.32. The number of hydrogen-bond donors (Lipinski definition) is 0. The summed E-state index contributed by atoms with van der Waals surface area (Å²) in [6, 6.07) is 0. The Labute approximate surface area is 242 Å². The van der Waals surface area contributed by atoms with Gasteiger partial charge in [-0.05, 0) is 56.6 Å². The molecule has 3 fully saturated rings. The predicted octanol–water partition coefficient (Wildman–Crippen LogP) is 3.89. The van der Waals surface area contributed by atoms with Crippen molar-refractivity contribution in [2.45, 2.75) is 105 Å². The lowest BCUT2D eigenvalue weighted by Gasteiger charge is -2.48. The first-order valence-electron chi connectivity index (χ1n) is 14.4. The maximum atomic E-state index is 13.4. The predicted molar refractivity (Wildman–Crippen MR) is 147 cm³/mol. The van der Waals surface area contributed by atoms with Crippen LogP contribution in [0.25, 0.3) is 0 Å². The van der Waals surface area contributed by atoms with Crippen molar-refractivity contribution in [3.63, 3.8) is 0 Å². The van der Waals surface area contributed by atoms with Crippen LogP contribution in [0.2, 0.25) is 0 Å². The Balaban J connectivity index is 2.02. The molecule has 10 atom stereocenters. The number of epoxide rings is 1. The summed E-state index contributed by atoms with van der Waals surface area (Å²) in [5.74, 6) is -4.16. The van der Waals surface area contributed by atoms with E-state index in [-0.39, 0.29) is 24.5 Å². The van der Waals surface area contributed by atoms with Crippen LogP contribution < -0.4 is 0 Å². The van der Waals surface area contributed by atoms with E-state index in [0.29, 0.717) is 17.8 Å². The fraction of sp³-hybridized carbons (Fsp3) is 0.710. The first-order valence-corrected chi connectivity index (χ1v) is 14.4. The average molecular weight is 577 g/mol. The molecule has 10 nitrogen and oxygen atoms in total. The summed E-state index contributed by atoms with van der Waals surface area (Å²) in [7, 11) is 0. The molecule has 0 aromatic heterocycles. The Morgan fingerprint density at radius 1 is 1.07 bits per heavy atom. The van der Waals surface area contributed by atoms with Gasteiger partial charge in [0, 0.05) is 38.7 Å². The molecule has 1 heterocycles. The fourth-order valence-electron chi connectivity index (χ4n) is 6.32. The van der Waals surface area contributed by atoms with Crippen LogP contribution in [-0.2, 0) is 47.7 Å². The smallest absolute Gasteiger partial charge is 0.331 e. The molecule has 0 aromatic carbocycles. The minimum Gasteiger partial charge on any atom is -0.462 e. The Kier molecular flexibility index (Phi) is 10.2. The van der Waals surface area contributed by atoms with Crippen LogP contribution in [0.15, 0.2) is 23.8 Å². The zero-order chi connectivity index (χ0) is 30.8. The monoisotopic (exact) mass is 576 g/mol. The highest BCUT2D eigenvalue weighted by atomic mass is 16.6. The van der Waals surface area contributed by atoms with E-state index < -0.39 is 77.6 Å². The van der Waals surface area contributed by atoms with Crippen LogP contribution in [-0.4, -0.2) is 66.3 Å². The third-order valence-electron chi connectivity index (χ3n) is 8.80. The highest BCUT2D eigenvalue weighted by molar-refractivity contribution is 5.86. The minimum atomic E-state index is -1.04. The van der Waals surface area contributed by atoms with Crippen LogP contribution >= 0.6 is 0 Å². The van der Waals surface area contributed by atoms with Gasteiger partial charge in [-0.1, -0.05) is 26.8 Å². The third kappa shape index (κ3) is 7.45. The first-order chi connectivity index (χ1) is 19.1. The largest absolute Gasteiger partial charge is 0.462 e. The molecule has 0 N–H and O–H groups in total. The van der Waals surface area contributed by atoms with E-state index >= 15 is 0 Å². The van der Waals surface area contributed by atoms with E-state index in [0.717, 1.165) is 6.42 Å². The van der Waals surface area contributed by atoms with E-state index in [9.17, 15) is 24.0 Å². The molecule has 3 unspecified atom stereocenters. The lowest BCUT2D eigenvalue weighted by Crippen LogP contribution is -2.57. The normalized spacial score (nSPS) is 33.2. The molecule has 0 radical (unpaired) electrons. The van der Waals surface area contributed by atoms with Gasteiger partial charge >= 0.3 is 23.9 Å². The first kappa shape index (κ1) is 32.5. The van der Waals surface area contributed by atoms with Crippen LogP contribution in [0.5, 0.6) is 0 Å². The van der Waals surface area contributed by atoms with Gasteiger partial charge in [0.1, 0.15) is 24.1 Å². The maximum absolute atomic E-state index is 13.4. The van der Waals surface area contributed by atoms with Gasteiger partial charge in [-0.3, -0.25) is 19.2 Å². The molecule has 0 aromatic rings. The Hall–Kier alpha value is -3.01. The summed E-state index contributed by atoms with van der Waals surface area (Å²) >= 11 is 0. The molecule has 0 amide bonds. The number of carbonyl (C=O) groups is 5. The van der Waals surface area contributed by atoms with Crippen molar-refractivity contribution in [3.05, 3.63) is 23.8 Å². The van der Waals surface area contributed by atoms with E-state index in [2.05, 4.69) is 6.58 Å². The molecular formula is C31H44O10. The van der Waals surface area contributed by atoms with Gasteiger partial charge in [0.05, 0.1) is 18.1 Å². The highest BCUT2D eigenvalue weighted by Gasteiger charge is 2.66. The van der Waals surface area contributed by atoms with Crippen molar-refractivity contribution in [1.29, 1.82) is 0 Å². The van der Waals surface area contributed by atoms with Gasteiger partial charge < -0.3 is 23.7 Å². The van der Waals surface area contributed by atoms with E-state index in [4.69, 9.17) is 23.7 Å². The van der Waals surface area contributed by atoms with Gasteiger partial charge in [-0.15, -0.1) is 0 Å². The zero-order valence-electron chi connectivity index (χ0n) is 25.4. The van der Waals surface area contributed by atoms with Crippen molar-refractivity contribution in [3.8, 4) is 0 Å². The molecule has 2 aliphatic carbocycles. The number of Topliss-reactive ketones (excluding diaryl/α,β-unsaturated/α-hetero) is 1. The molecule has 2 saturated carbocycles. The van der Waals surface area contributed by atoms with Crippen LogP contribution in [0.4, 0.5) is 0 Å². The van der Waals surface area contributed by atoms with E-state index in [1.165, 1.54) is 19.9 Å². The zero-order valence-corrected chi connectivity index (χ0v) is 25.4. The lowest BCUT2D eigenvalue weighted by molar-refractivity contribution is -0.181. The quantitative estimate of drug-likeness (QED) is 0.117. The molecule has 0 bridgehead atoms. The minimum absolute atomic E-state index is 0.0763. The SMILES string of the molecule is C=C1[C@@H]2CC(=O)[C@H](C(C)OC(C)=O)[C@H]2[C@H]([C@@]2(C)CO2)[C@@H](OC(=O)CC(C)CC)[C@H]1OC(=O)/C=C(\C)C(C)OC(C)=O. The number of fused-ring (bicyclic) bond motifs is 1. The van der Waals surface area contributed by atoms with Gasteiger partial charge in [-0.2, -0.15) is 0 Å². The molecule has 228 valence electrons. The summed E-state index contributed by atoms with van der Waals surface area (Å²) in [6.07, 6.45) is -1.06. The second kappa shape index (κ2) is 12.9. The van der Waals surface area contributed by atoms with Gasteiger partial charge in [-0.25, -0.2) is 4.79 Å². The second-order valence-electron chi connectivity index (χ2n) is 12.1. The summed E-state index contributed by atoms with van der Waals surface area (Å²) in [5.41, 5.74) is 0.189. The summed E-state index contributed by atoms with van der Waals surface area (Å²) in [6.45, 7) is 18.0. The summed E-state index contributed by atoms with van der Waals surface area (Å²) < 4.78 is 28.6. The van der Waals surface area contributed by atoms with Crippen molar-refractivity contribution < 1.29 is 47.7 Å². The highest BCUT2D eigenvalue weighted by Crippen LogP contribution is 2.58. The summed E-state index contributed by atoms with van der Waals surface area (Å²) in [4.78, 5) is 62.9. The van der Waals surface area contributed by atoms with Crippen molar-refractivity contribution >= 4 is 29.7 Å². The molecule has 41 heavy (non-hydrogen) atoms. The Morgan fingerprint density at radius 2 is 1.68 bits per heavy atom. The maximum Gasteiger partial charge on any atom is 0.331 e. The van der Waals surface area contributed by atoms with Crippen LogP contribution in [0, 0.1) is 29.6 Å². The summed E-state index contributed by atoms with van der Waals surface area (Å²) in [5, 5.41) is 0. The van der Waals surface area contributed by atoms with Gasteiger partial charge in [0.25, 0.3) is 0 Å². The van der Waals surface area contributed by atoms with Gasteiger partial charge in [0.15, 0.2) is 6.10 Å². The van der Waals surface area contributed by atoms with Crippen molar-refractivity contribution in [2.24, 2.45) is 29.6 Å². The molecule has 1 saturated heterocycles. The Bertz CT molecular complexity index is 1100. The second-order valence-corrected chi connectivity index (χ2v) is 12.1. The van der Waals surface area contributed by atoms with Crippen LogP contribution in [0.3, 0.4) is 0 Å². The van der Waals surface area contributed by atoms with Gasteiger partial charge in [0.2, 0.25) is 0 Å². The molecule has 1 aliphatic heterocycles. The van der Waals surface area contributed by atoms with Crippen LogP contribution in [0.1, 0.15) is 74.7 Å². The topological polar surface area (TPSA) is 135 Å². The number of rotatable bonds is 11. The standard InChI is InChI=1S/C31H44O10/c1-10-15(2)11-24(35)41-30-28(31(9)14-37-31)27-22(13-23(34)26(27)19(6)39-21(8)33)17(4)29(30)40-25(36)12-16(3)18(5)38-20(7)32/h12,15,18-19,22,26-30H,4,10-11,13-14H2,1-3,5-9H3/b16-12+/t15?,18?,19?,22-,26-,27-,28-,29-,30+,31+/m0/s1. The number of esters is 4. The number of carbonyl (C=O) groups excluding carboxylic acids is 5. The van der Waals surface area contributed by atoms with E-state index in [1.807, 2.05) is 20.8 Å². The number of ether oxygens (including phenoxy) is 5. The molecule has 3 rings (SSSR count). The van der Waals surface area contributed by atoms with Crippen molar-refractivity contribution in [1.82, 2.24) is 0 Å².